The van der Waals surface area contributed by atoms with E-state index in [0.717, 1.165) is 6.42 Å². The maximum Gasteiger partial charge on any atom is 0.335 e. The van der Waals surface area contributed by atoms with Crippen LogP contribution >= 0.6 is 0 Å². The third kappa shape index (κ3) is 10.8. The van der Waals surface area contributed by atoms with Gasteiger partial charge in [0.05, 0.1) is 12.2 Å². The van der Waals surface area contributed by atoms with Gasteiger partial charge in [-0.15, -0.1) is 0 Å². The summed E-state index contributed by atoms with van der Waals surface area (Å²) in [7, 11) is 0. The lowest BCUT2D eigenvalue weighted by molar-refractivity contribution is 0.0109. The molecule has 0 saturated carbocycles. The first-order valence-electron chi connectivity index (χ1n) is 9.35. The minimum Gasteiger partial charge on any atom is -0.491 e. The van der Waals surface area contributed by atoms with E-state index in [2.05, 4.69) is 6.92 Å². The van der Waals surface area contributed by atoms with Gasteiger partial charge in [0, 0.05) is 6.61 Å². The van der Waals surface area contributed by atoms with E-state index in [1.165, 1.54) is 57.1 Å². The van der Waals surface area contributed by atoms with Crippen LogP contribution in [0.25, 0.3) is 0 Å². The Hall–Kier alpha value is -1.59. The minimum absolute atomic E-state index is 0.0838. The van der Waals surface area contributed by atoms with Crippen LogP contribution < -0.4 is 4.74 Å². The summed E-state index contributed by atoms with van der Waals surface area (Å²) in [4.78, 5) is 10.9. The van der Waals surface area contributed by atoms with Gasteiger partial charge in [0.1, 0.15) is 18.5 Å². The Kier molecular flexibility index (Phi) is 11.7. The standard InChI is InChI=1S/C20H32O5/c1-2-3-4-5-6-7-8-9-13-24-15-18(21)16-25-19-12-10-11-17(14-19)20(22)23/h10-12,14,18,21H,2-9,13,15-16H2,1H3,(H,22,23). The van der Waals surface area contributed by atoms with E-state index in [0.29, 0.717) is 12.4 Å². The zero-order valence-corrected chi connectivity index (χ0v) is 15.3. The molecule has 1 unspecified atom stereocenters. The average Bonchev–Trinajstić information content (AvgIpc) is 2.61. The highest BCUT2D eigenvalue weighted by molar-refractivity contribution is 5.87. The molecule has 1 atom stereocenters. The molecule has 0 saturated heterocycles. The van der Waals surface area contributed by atoms with Gasteiger partial charge >= 0.3 is 5.97 Å². The second kappa shape index (κ2) is 13.7. The van der Waals surface area contributed by atoms with Crippen molar-refractivity contribution >= 4 is 5.97 Å². The van der Waals surface area contributed by atoms with Crippen LogP contribution in [0.15, 0.2) is 24.3 Å². The molecule has 1 aromatic rings. The van der Waals surface area contributed by atoms with Crippen LogP contribution in [0.1, 0.15) is 68.6 Å². The number of carboxylic acid groups (broad SMARTS) is 1. The molecule has 2 N–H and O–H groups in total. The highest BCUT2D eigenvalue weighted by atomic mass is 16.5. The number of aliphatic hydroxyl groups excluding tert-OH is 1. The van der Waals surface area contributed by atoms with Crippen LogP contribution in [0.4, 0.5) is 0 Å². The van der Waals surface area contributed by atoms with Gasteiger partial charge in [0.25, 0.3) is 0 Å². The molecule has 0 spiro atoms. The molecular formula is C20H32O5. The molecule has 0 aliphatic heterocycles. The summed E-state index contributed by atoms with van der Waals surface area (Å²) in [5, 5.41) is 18.8. The number of carboxylic acids is 1. The fourth-order valence-corrected chi connectivity index (χ4v) is 2.52. The molecule has 0 fully saturated rings. The van der Waals surface area contributed by atoms with Crippen LogP contribution in [0.3, 0.4) is 0 Å². The summed E-state index contributed by atoms with van der Waals surface area (Å²) in [5.74, 6) is -0.568. The van der Waals surface area contributed by atoms with Crippen LogP contribution in [0.2, 0.25) is 0 Å². The first kappa shape index (κ1) is 21.5. The lowest BCUT2D eigenvalue weighted by Crippen LogP contribution is -2.23. The number of rotatable bonds is 15. The van der Waals surface area contributed by atoms with E-state index in [-0.39, 0.29) is 18.8 Å². The Morgan fingerprint density at radius 2 is 1.72 bits per heavy atom. The van der Waals surface area contributed by atoms with Crippen molar-refractivity contribution in [2.24, 2.45) is 0 Å². The normalized spacial score (nSPS) is 12.1. The number of aliphatic hydroxyl groups is 1. The van der Waals surface area contributed by atoms with Gasteiger partial charge in [0.2, 0.25) is 0 Å². The van der Waals surface area contributed by atoms with Gasteiger partial charge in [-0.3, -0.25) is 0 Å². The molecule has 5 heteroatoms. The Labute approximate surface area is 151 Å². The van der Waals surface area contributed by atoms with Crippen molar-refractivity contribution in [1.82, 2.24) is 0 Å². The molecule has 1 aromatic carbocycles. The number of hydrogen-bond donors (Lipinski definition) is 2. The Morgan fingerprint density at radius 3 is 2.40 bits per heavy atom. The van der Waals surface area contributed by atoms with Gasteiger partial charge < -0.3 is 19.7 Å². The largest absolute Gasteiger partial charge is 0.491 e. The van der Waals surface area contributed by atoms with Crippen molar-refractivity contribution in [2.75, 3.05) is 19.8 Å². The van der Waals surface area contributed by atoms with Gasteiger partial charge in [-0.1, -0.05) is 57.9 Å². The third-order valence-electron chi connectivity index (χ3n) is 3.98. The maximum absolute atomic E-state index is 10.9. The van der Waals surface area contributed by atoms with E-state index in [4.69, 9.17) is 14.6 Å². The fraction of sp³-hybridized carbons (Fsp3) is 0.650. The molecule has 142 valence electrons. The van der Waals surface area contributed by atoms with E-state index in [1.807, 2.05) is 0 Å². The predicted octanol–water partition coefficient (Wildman–Crippen LogP) is 4.28. The first-order valence-corrected chi connectivity index (χ1v) is 9.35. The summed E-state index contributed by atoms with van der Waals surface area (Å²) >= 11 is 0. The quantitative estimate of drug-likeness (QED) is 0.461. The average molecular weight is 352 g/mol. The van der Waals surface area contributed by atoms with Crippen LogP contribution in [0, 0.1) is 0 Å². The van der Waals surface area contributed by atoms with Crippen molar-refractivity contribution in [3.05, 3.63) is 29.8 Å². The smallest absolute Gasteiger partial charge is 0.335 e. The highest BCUT2D eigenvalue weighted by Crippen LogP contribution is 2.13. The number of benzene rings is 1. The van der Waals surface area contributed by atoms with E-state index in [1.54, 1.807) is 12.1 Å². The molecule has 0 aliphatic rings. The van der Waals surface area contributed by atoms with Crippen LogP contribution in [-0.4, -0.2) is 42.1 Å². The topological polar surface area (TPSA) is 76.0 Å². The van der Waals surface area contributed by atoms with Crippen molar-refractivity contribution in [1.29, 1.82) is 0 Å². The molecule has 0 bridgehead atoms. The van der Waals surface area contributed by atoms with Crippen molar-refractivity contribution in [3.8, 4) is 5.75 Å². The van der Waals surface area contributed by atoms with E-state index in [9.17, 15) is 9.90 Å². The SMILES string of the molecule is CCCCCCCCCCOCC(O)COc1cccc(C(=O)O)c1. The molecule has 0 amide bonds. The molecule has 0 aromatic heterocycles. The van der Waals surface area contributed by atoms with Gasteiger partial charge in [-0.25, -0.2) is 4.79 Å². The maximum atomic E-state index is 10.9. The van der Waals surface area contributed by atoms with E-state index < -0.39 is 12.1 Å². The number of carbonyl (C=O) groups is 1. The molecule has 1 rings (SSSR count). The van der Waals surface area contributed by atoms with E-state index >= 15 is 0 Å². The molecule has 5 nitrogen and oxygen atoms in total. The molecule has 0 radical (unpaired) electrons. The molecule has 25 heavy (non-hydrogen) atoms. The number of hydrogen-bond acceptors (Lipinski definition) is 4. The Bertz CT molecular complexity index is 475. The molecule has 0 aliphatic carbocycles. The molecule has 0 heterocycles. The van der Waals surface area contributed by atoms with Gasteiger partial charge in [-0.2, -0.15) is 0 Å². The zero-order chi connectivity index (χ0) is 18.3. The summed E-state index contributed by atoms with van der Waals surface area (Å²) in [6.07, 6.45) is 9.30. The van der Waals surface area contributed by atoms with Crippen molar-refractivity contribution in [2.45, 2.75) is 64.4 Å². The number of aromatic carboxylic acids is 1. The lowest BCUT2D eigenvalue weighted by atomic mass is 10.1. The summed E-state index contributed by atoms with van der Waals surface area (Å²) in [6, 6.07) is 6.22. The molecular weight excluding hydrogens is 320 g/mol. The van der Waals surface area contributed by atoms with Crippen molar-refractivity contribution < 1.29 is 24.5 Å². The Balaban J connectivity index is 2.01. The predicted molar refractivity (Wildman–Crippen MR) is 98.3 cm³/mol. The van der Waals surface area contributed by atoms with Crippen LogP contribution in [-0.2, 0) is 4.74 Å². The highest BCUT2D eigenvalue weighted by Gasteiger charge is 2.08. The van der Waals surface area contributed by atoms with Crippen molar-refractivity contribution in [3.63, 3.8) is 0 Å². The third-order valence-corrected chi connectivity index (χ3v) is 3.98. The first-order chi connectivity index (χ1) is 12.1. The zero-order valence-electron chi connectivity index (χ0n) is 15.3. The lowest BCUT2D eigenvalue weighted by Gasteiger charge is -2.13. The van der Waals surface area contributed by atoms with Gasteiger partial charge in [-0.05, 0) is 24.6 Å². The second-order valence-corrected chi connectivity index (χ2v) is 6.35. The number of ether oxygens (including phenoxy) is 2. The summed E-state index contributed by atoms with van der Waals surface area (Å²) in [5.41, 5.74) is 0.165. The fourth-order valence-electron chi connectivity index (χ4n) is 2.52. The second-order valence-electron chi connectivity index (χ2n) is 6.35. The minimum atomic E-state index is -1.00. The Morgan fingerprint density at radius 1 is 1.04 bits per heavy atom. The van der Waals surface area contributed by atoms with Gasteiger partial charge in [0.15, 0.2) is 0 Å². The number of unbranched alkanes of at least 4 members (excludes halogenated alkanes) is 7. The summed E-state index contributed by atoms with van der Waals surface area (Å²) < 4.78 is 10.9. The van der Waals surface area contributed by atoms with Crippen LogP contribution in [0.5, 0.6) is 5.75 Å². The monoisotopic (exact) mass is 352 g/mol. The summed E-state index contributed by atoms with van der Waals surface area (Å²) in [6.45, 7) is 3.19.